The Morgan fingerprint density at radius 2 is 2.04 bits per heavy atom. The van der Waals surface area contributed by atoms with Gasteiger partial charge in [-0.25, -0.2) is 4.98 Å². The Balaban J connectivity index is 1.85. The van der Waals surface area contributed by atoms with Crippen molar-refractivity contribution < 1.29 is 5.11 Å². The van der Waals surface area contributed by atoms with E-state index in [9.17, 15) is 5.11 Å². The van der Waals surface area contributed by atoms with Crippen molar-refractivity contribution in [2.45, 2.75) is 26.0 Å². The van der Waals surface area contributed by atoms with Crippen molar-refractivity contribution in [3.8, 4) is 22.5 Å². The van der Waals surface area contributed by atoms with Gasteiger partial charge < -0.3 is 9.67 Å². The SMILES string of the molecule is CC(C)(O)C#Cc1ccc(-c2nccn2Cc2ccccn2)s1. The summed E-state index contributed by atoms with van der Waals surface area (Å²) in [6.45, 7) is 4.03. The number of rotatable bonds is 3. The van der Waals surface area contributed by atoms with Crippen LogP contribution in [0, 0.1) is 11.8 Å². The zero-order chi connectivity index (χ0) is 16.3. The minimum absolute atomic E-state index is 0.679. The quantitative estimate of drug-likeness (QED) is 0.753. The Labute approximate surface area is 139 Å². The molecule has 0 aliphatic carbocycles. The van der Waals surface area contributed by atoms with Crippen LogP contribution in [0.25, 0.3) is 10.7 Å². The van der Waals surface area contributed by atoms with Crippen molar-refractivity contribution in [2.24, 2.45) is 0 Å². The molecule has 0 fully saturated rings. The lowest BCUT2D eigenvalue weighted by Gasteiger charge is -2.06. The highest BCUT2D eigenvalue weighted by Gasteiger charge is 2.10. The van der Waals surface area contributed by atoms with E-state index in [1.807, 2.05) is 36.5 Å². The summed E-state index contributed by atoms with van der Waals surface area (Å²) in [6, 6.07) is 9.85. The molecule has 23 heavy (non-hydrogen) atoms. The number of hydrogen-bond acceptors (Lipinski definition) is 4. The Morgan fingerprint density at radius 1 is 1.17 bits per heavy atom. The highest BCUT2D eigenvalue weighted by Crippen LogP contribution is 2.27. The van der Waals surface area contributed by atoms with Crippen molar-refractivity contribution in [1.82, 2.24) is 14.5 Å². The summed E-state index contributed by atoms with van der Waals surface area (Å²) in [5, 5.41) is 9.69. The molecule has 5 heteroatoms. The van der Waals surface area contributed by atoms with Crippen molar-refractivity contribution in [1.29, 1.82) is 0 Å². The number of aliphatic hydroxyl groups is 1. The van der Waals surface area contributed by atoms with Gasteiger partial charge in [0.05, 0.1) is 22.0 Å². The maximum absolute atomic E-state index is 9.69. The topological polar surface area (TPSA) is 50.9 Å². The Kier molecular flexibility index (Phi) is 4.28. The minimum atomic E-state index is -0.985. The van der Waals surface area contributed by atoms with Gasteiger partial charge in [-0.2, -0.15) is 0 Å². The summed E-state index contributed by atoms with van der Waals surface area (Å²) in [6.07, 6.45) is 5.54. The van der Waals surface area contributed by atoms with Crippen LogP contribution < -0.4 is 0 Å². The number of thiophene rings is 1. The number of nitrogens with zero attached hydrogens (tertiary/aromatic N) is 3. The molecule has 0 aromatic carbocycles. The maximum atomic E-state index is 9.69. The molecule has 3 aromatic heterocycles. The molecule has 0 atom stereocenters. The molecule has 0 spiro atoms. The van der Waals surface area contributed by atoms with Gasteiger partial charge in [0.1, 0.15) is 11.4 Å². The molecular formula is C18H17N3OS. The van der Waals surface area contributed by atoms with Crippen molar-refractivity contribution >= 4 is 11.3 Å². The monoisotopic (exact) mass is 323 g/mol. The normalized spacial score (nSPS) is 11.1. The first-order valence-corrected chi connectivity index (χ1v) is 8.10. The molecule has 0 bridgehead atoms. The molecule has 3 heterocycles. The van der Waals surface area contributed by atoms with E-state index in [1.165, 1.54) is 0 Å². The highest BCUT2D eigenvalue weighted by atomic mass is 32.1. The molecule has 0 radical (unpaired) electrons. The maximum Gasteiger partial charge on any atom is 0.150 e. The van der Waals surface area contributed by atoms with Crippen LogP contribution in [0.1, 0.15) is 24.4 Å². The fourth-order valence-electron chi connectivity index (χ4n) is 2.07. The van der Waals surface area contributed by atoms with Crippen LogP contribution in [0.4, 0.5) is 0 Å². The lowest BCUT2D eigenvalue weighted by Crippen LogP contribution is -2.14. The number of aromatic nitrogens is 3. The van der Waals surface area contributed by atoms with E-state index in [1.54, 1.807) is 37.6 Å². The van der Waals surface area contributed by atoms with Crippen molar-refractivity contribution in [3.05, 3.63) is 59.5 Å². The average Bonchev–Trinajstić information content (AvgIpc) is 3.14. The van der Waals surface area contributed by atoms with E-state index >= 15 is 0 Å². The fourth-order valence-corrected chi connectivity index (χ4v) is 2.94. The third-order valence-corrected chi connectivity index (χ3v) is 4.09. The summed E-state index contributed by atoms with van der Waals surface area (Å²) in [7, 11) is 0. The molecule has 0 aliphatic heterocycles. The summed E-state index contributed by atoms with van der Waals surface area (Å²) >= 11 is 1.57. The summed E-state index contributed by atoms with van der Waals surface area (Å²) in [5.74, 6) is 6.74. The van der Waals surface area contributed by atoms with E-state index in [-0.39, 0.29) is 0 Å². The Morgan fingerprint density at radius 3 is 2.78 bits per heavy atom. The van der Waals surface area contributed by atoms with Gasteiger partial charge in [-0.05, 0) is 38.1 Å². The Hall–Kier alpha value is -2.42. The second-order valence-electron chi connectivity index (χ2n) is 5.67. The average molecular weight is 323 g/mol. The first-order valence-electron chi connectivity index (χ1n) is 7.28. The van der Waals surface area contributed by atoms with Crippen LogP contribution in [-0.4, -0.2) is 25.2 Å². The first-order chi connectivity index (χ1) is 11.0. The molecule has 4 nitrogen and oxygen atoms in total. The van der Waals surface area contributed by atoms with E-state index in [0.717, 1.165) is 21.3 Å². The van der Waals surface area contributed by atoms with Gasteiger partial charge in [-0.1, -0.05) is 17.9 Å². The largest absolute Gasteiger partial charge is 0.378 e. The smallest absolute Gasteiger partial charge is 0.150 e. The van der Waals surface area contributed by atoms with Gasteiger partial charge in [0.2, 0.25) is 0 Å². The van der Waals surface area contributed by atoms with Crippen LogP contribution in [0.3, 0.4) is 0 Å². The number of hydrogen-bond donors (Lipinski definition) is 1. The molecule has 0 amide bonds. The first kappa shape index (κ1) is 15.5. The standard InChI is InChI=1S/C18H17N3OS/c1-18(2,22)9-8-15-6-7-16(23-15)17-20-11-12-21(17)13-14-5-3-4-10-19-14/h3-7,10-12,22H,13H2,1-2H3. The predicted octanol–water partition coefficient (Wildman–Crippen LogP) is 3.18. The molecule has 3 aromatic rings. The van der Waals surface area contributed by atoms with E-state index in [4.69, 9.17) is 0 Å². The second kappa shape index (κ2) is 6.37. The summed E-state index contributed by atoms with van der Waals surface area (Å²) < 4.78 is 2.07. The van der Waals surface area contributed by atoms with Gasteiger partial charge >= 0.3 is 0 Å². The molecular weight excluding hydrogens is 306 g/mol. The van der Waals surface area contributed by atoms with Crippen LogP contribution in [0.5, 0.6) is 0 Å². The molecule has 0 saturated heterocycles. The highest BCUT2D eigenvalue weighted by molar-refractivity contribution is 7.15. The Bertz CT molecular complexity index is 848. The zero-order valence-corrected chi connectivity index (χ0v) is 13.8. The molecule has 0 unspecified atom stereocenters. The fraction of sp³-hybridized carbons (Fsp3) is 0.222. The summed E-state index contributed by atoms with van der Waals surface area (Å²) in [4.78, 5) is 10.8. The van der Waals surface area contributed by atoms with E-state index < -0.39 is 5.60 Å². The van der Waals surface area contributed by atoms with E-state index in [2.05, 4.69) is 26.4 Å². The van der Waals surface area contributed by atoms with Gasteiger partial charge in [-0.15, -0.1) is 11.3 Å². The predicted molar refractivity (Wildman–Crippen MR) is 92.1 cm³/mol. The van der Waals surface area contributed by atoms with Crippen LogP contribution in [0.15, 0.2) is 48.9 Å². The molecule has 116 valence electrons. The summed E-state index contributed by atoms with van der Waals surface area (Å²) in [5.41, 5.74) is 0.00654. The molecule has 1 N–H and O–H groups in total. The van der Waals surface area contributed by atoms with Gasteiger partial charge in [0.25, 0.3) is 0 Å². The lowest BCUT2D eigenvalue weighted by atomic mass is 10.1. The van der Waals surface area contributed by atoms with Crippen LogP contribution in [0.2, 0.25) is 0 Å². The molecule has 3 rings (SSSR count). The third kappa shape index (κ3) is 4.07. The minimum Gasteiger partial charge on any atom is -0.378 e. The van der Waals surface area contributed by atoms with Crippen molar-refractivity contribution in [3.63, 3.8) is 0 Å². The van der Waals surface area contributed by atoms with Gasteiger partial charge in [0.15, 0.2) is 0 Å². The lowest BCUT2D eigenvalue weighted by molar-refractivity contribution is 0.143. The third-order valence-electron chi connectivity index (χ3n) is 3.09. The number of pyridine rings is 1. The number of imidazole rings is 1. The van der Waals surface area contributed by atoms with Gasteiger partial charge in [-0.3, -0.25) is 4.98 Å². The molecule has 0 saturated carbocycles. The van der Waals surface area contributed by atoms with Crippen LogP contribution in [-0.2, 0) is 6.54 Å². The molecule has 0 aliphatic rings. The van der Waals surface area contributed by atoms with Crippen molar-refractivity contribution in [2.75, 3.05) is 0 Å². The second-order valence-corrected chi connectivity index (χ2v) is 6.76. The van der Waals surface area contributed by atoms with Gasteiger partial charge in [0, 0.05) is 18.6 Å². The van der Waals surface area contributed by atoms with E-state index in [0.29, 0.717) is 6.54 Å². The van der Waals surface area contributed by atoms with Crippen LogP contribution >= 0.6 is 11.3 Å². The zero-order valence-electron chi connectivity index (χ0n) is 13.0.